The maximum atomic E-state index is 5.66. The third kappa shape index (κ3) is 3.21. The van der Waals surface area contributed by atoms with E-state index < -0.39 is 0 Å². The summed E-state index contributed by atoms with van der Waals surface area (Å²) in [6, 6.07) is 7.18. The highest BCUT2D eigenvalue weighted by molar-refractivity contribution is 6.31. The summed E-state index contributed by atoms with van der Waals surface area (Å²) >= 11 is 11.3. The van der Waals surface area contributed by atoms with E-state index in [0.29, 0.717) is 18.1 Å². The number of benzene rings is 1. The molecule has 94 valence electrons. The summed E-state index contributed by atoms with van der Waals surface area (Å²) in [6.45, 7) is 2.41. The number of hydrogen-bond donors (Lipinski definition) is 0. The zero-order valence-electron chi connectivity index (χ0n) is 9.43. The van der Waals surface area contributed by atoms with Crippen LogP contribution in [0.25, 0.3) is 0 Å². The van der Waals surface area contributed by atoms with Gasteiger partial charge >= 0.3 is 6.01 Å². The average molecular weight is 286 g/mol. The SMILES string of the molecule is CCOc1ccccc1Oc1nc(Cl)nc(Cl)n1. The fourth-order valence-corrected chi connectivity index (χ4v) is 1.61. The second-order valence-corrected chi connectivity index (χ2v) is 3.81. The third-order valence-corrected chi connectivity index (χ3v) is 2.25. The van der Waals surface area contributed by atoms with Gasteiger partial charge in [0.1, 0.15) is 0 Å². The summed E-state index contributed by atoms with van der Waals surface area (Å²) in [5.41, 5.74) is 0. The molecular weight excluding hydrogens is 277 g/mol. The third-order valence-electron chi connectivity index (χ3n) is 1.91. The number of para-hydroxylation sites is 2. The van der Waals surface area contributed by atoms with Crippen molar-refractivity contribution in [2.24, 2.45) is 0 Å². The van der Waals surface area contributed by atoms with Gasteiger partial charge in [0.05, 0.1) is 6.61 Å². The quantitative estimate of drug-likeness (QED) is 0.862. The molecule has 0 radical (unpaired) electrons. The van der Waals surface area contributed by atoms with E-state index in [0.717, 1.165) is 0 Å². The largest absolute Gasteiger partial charge is 0.490 e. The molecule has 2 rings (SSSR count). The molecule has 0 aliphatic carbocycles. The molecule has 0 saturated heterocycles. The molecule has 1 aromatic heterocycles. The first-order chi connectivity index (χ1) is 8.69. The highest BCUT2D eigenvalue weighted by Gasteiger charge is 2.09. The van der Waals surface area contributed by atoms with Crippen molar-refractivity contribution in [3.05, 3.63) is 34.8 Å². The molecule has 0 amide bonds. The van der Waals surface area contributed by atoms with Gasteiger partial charge in [-0.2, -0.15) is 15.0 Å². The van der Waals surface area contributed by atoms with Crippen LogP contribution in [0.3, 0.4) is 0 Å². The number of aromatic nitrogens is 3. The summed E-state index contributed by atoms with van der Waals surface area (Å²) in [6.07, 6.45) is 0. The zero-order valence-corrected chi connectivity index (χ0v) is 10.9. The number of rotatable bonds is 4. The van der Waals surface area contributed by atoms with Gasteiger partial charge in [0.15, 0.2) is 11.5 Å². The van der Waals surface area contributed by atoms with Gasteiger partial charge in [-0.05, 0) is 42.3 Å². The Morgan fingerprint density at radius 1 is 1.00 bits per heavy atom. The average Bonchev–Trinajstić information content (AvgIpc) is 2.30. The minimum atomic E-state index is -0.0288. The number of halogens is 2. The van der Waals surface area contributed by atoms with E-state index in [9.17, 15) is 0 Å². The predicted octanol–water partition coefficient (Wildman–Crippen LogP) is 3.37. The molecule has 18 heavy (non-hydrogen) atoms. The molecule has 0 atom stereocenters. The minimum Gasteiger partial charge on any atom is -0.490 e. The fourth-order valence-electron chi connectivity index (χ4n) is 1.26. The van der Waals surface area contributed by atoms with Crippen molar-refractivity contribution in [3.8, 4) is 17.5 Å². The second-order valence-electron chi connectivity index (χ2n) is 3.14. The van der Waals surface area contributed by atoms with E-state index in [4.69, 9.17) is 32.7 Å². The minimum absolute atomic E-state index is 0.0205. The van der Waals surface area contributed by atoms with Crippen LogP contribution in [0.2, 0.25) is 10.6 Å². The first kappa shape index (κ1) is 12.9. The van der Waals surface area contributed by atoms with E-state index in [1.54, 1.807) is 12.1 Å². The maximum Gasteiger partial charge on any atom is 0.327 e. The Labute approximate surface area is 114 Å². The monoisotopic (exact) mass is 285 g/mol. The molecule has 0 spiro atoms. The Kier molecular flexibility index (Phi) is 4.17. The van der Waals surface area contributed by atoms with Gasteiger partial charge in [0.2, 0.25) is 10.6 Å². The maximum absolute atomic E-state index is 5.66. The van der Waals surface area contributed by atoms with Crippen LogP contribution in [-0.4, -0.2) is 21.6 Å². The number of nitrogens with zero attached hydrogens (tertiary/aromatic N) is 3. The molecule has 0 saturated carbocycles. The van der Waals surface area contributed by atoms with Crippen molar-refractivity contribution in [2.45, 2.75) is 6.92 Å². The Bertz CT molecular complexity index is 531. The molecule has 0 N–H and O–H groups in total. The van der Waals surface area contributed by atoms with Crippen molar-refractivity contribution < 1.29 is 9.47 Å². The molecule has 0 aliphatic rings. The number of ether oxygens (including phenoxy) is 2. The molecule has 0 bridgehead atoms. The van der Waals surface area contributed by atoms with Gasteiger partial charge in [-0.1, -0.05) is 12.1 Å². The van der Waals surface area contributed by atoms with Crippen LogP contribution in [0.4, 0.5) is 0 Å². The highest BCUT2D eigenvalue weighted by atomic mass is 35.5. The lowest BCUT2D eigenvalue weighted by molar-refractivity contribution is 0.317. The molecule has 0 unspecified atom stereocenters. The van der Waals surface area contributed by atoms with Crippen LogP contribution >= 0.6 is 23.2 Å². The van der Waals surface area contributed by atoms with Gasteiger partial charge in [-0.25, -0.2) is 0 Å². The Hall–Kier alpha value is -1.59. The first-order valence-corrected chi connectivity index (χ1v) is 5.91. The standard InChI is InChI=1S/C11H9Cl2N3O2/c1-2-17-7-5-3-4-6-8(7)18-11-15-9(12)14-10(13)16-11/h3-6H,2H2,1H3. The molecule has 2 aromatic rings. The van der Waals surface area contributed by atoms with Crippen molar-refractivity contribution in [1.29, 1.82) is 0 Å². The summed E-state index contributed by atoms with van der Waals surface area (Å²) in [5, 5.41) is -0.0576. The summed E-state index contributed by atoms with van der Waals surface area (Å²) < 4.78 is 10.9. The van der Waals surface area contributed by atoms with E-state index in [1.807, 2.05) is 19.1 Å². The van der Waals surface area contributed by atoms with E-state index in [1.165, 1.54) is 0 Å². The van der Waals surface area contributed by atoms with Crippen molar-refractivity contribution >= 4 is 23.2 Å². The summed E-state index contributed by atoms with van der Waals surface area (Å²) in [7, 11) is 0. The fraction of sp³-hybridized carbons (Fsp3) is 0.182. The number of hydrogen-bond acceptors (Lipinski definition) is 5. The van der Waals surface area contributed by atoms with Crippen LogP contribution < -0.4 is 9.47 Å². The summed E-state index contributed by atoms with van der Waals surface area (Å²) in [5.74, 6) is 1.07. The topological polar surface area (TPSA) is 57.1 Å². The van der Waals surface area contributed by atoms with E-state index in [2.05, 4.69) is 15.0 Å². The lowest BCUT2D eigenvalue weighted by Gasteiger charge is -2.09. The van der Waals surface area contributed by atoms with Crippen molar-refractivity contribution in [2.75, 3.05) is 6.61 Å². The highest BCUT2D eigenvalue weighted by Crippen LogP contribution is 2.30. The van der Waals surface area contributed by atoms with Crippen LogP contribution in [-0.2, 0) is 0 Å². The van der Waals surface area contributed by atoms with Gasteiger partial charge in [0.25, 0.3) is 0 Å². The second kappa shape index (κ2) is 5.84. The van der Waals surface area contributed by atoms with E-state index >= 15 is 0 Å². The molecule has 1 heterocycles. The normalized spacial score (nSPS) is 10.2. The molecular formula is C11H9Cl2N3O2. The molecule has 5 nitrogen and oxygen atoms in total. The first-order valence-electron chi connectivity index (χ1n) is 5.16. The van der Waals surface area contributed by atoms with Gasteiger partial charge in [0, 0.05) is 0 Å². The van der Waals surface area contributed by atoms with Crippen molar-refractivity contribution in [3.63, 3.8) is 0 Å². The molecule has 1 aromatic carbocycles. The van der Waals surface area contributed by atoms with Crippen LogP contribution in [0.5, 0.6) is 17.5 Å². The Balaban J connectivity index is 2.27. The van der Waals surface area contributed by atoms with Gasteiger partial charge in [-0.15, -0.1) is 0 Å². The zero-order chi connectivity index (χ0) is 13.0. The van der Waals surface area contributed by atoms with Crippen LogP contribution in [0.1, 0.15) is 6.92 Å². The predicted molar refractivity (Wildman–Crippen MR) is 67.5 cm³/mol. The molecule has 0 aliphatic heterocycles. The lowest BCUT2D eigenvalue weighted by atomic mass is 10.3. The molecule has 7 heteroatoms. The Morgan fingerprint density at radius 3 is 2.22 bits per heavy atom. The van der Waals surface area contributed by atoms with Gasteiger partial charge < -0.3 is 9.47 Å². The molecule has 0 fully saturated rings. The lowest BCUT2D eigenvalue weighted by Crippen LogP contribution is -1.98. The Morgan fingerprint density at radius 2 is 1.61 bits per heavy atom. The van der Waals surface area contributed by atoms with Gasteiger partial charge in [-0.3, -0.25) is 0 Å². The van der Waals surface area contributed by atoms with Crippen LogP contribution in [0, 0.1) is 0 Å². The van der Waals surface area contributed by atoms with Crippen LogP contribution in [0.15, 0.2) is 24.3 Å². The summed E-state index contributed by atoms with van der Waals surface area (Å²) in [4.78, 5) is 11.3. The smallest absolute Gasteiger partial charge is 0.327 e. The van der Waals surface area contributed by atoms with E-state index in [-0.39, 0.29) is 16.6 Å². The van der Waals surface area contributed by atoms with Crippen molar-refractivity contribution in [1.82, 2.24) is 15.0 Å².